The van der Waals surface area contributed by atoms with Crippen molar-refractivity contribution in [2.45, 2.75) is 58.3 Å². The van der Waals surface area contributed by atoms with Crippen LogP contribution in [0.5, 0.6) is 5.75 Å². The van der Waals surface area contributed by atoms with Crippen LogP contribution in [-0.4, -0.2) is 18.8 Å². The molecule has 2 nitrogen and oxygen atoms in total. The van der Waals surface area contributed by atoms with E-state index in [-0.39, 0.29) is 0 Å². The summed E-state index contributed by atoms with van der Waals surface area (Å²) in [5, 5.41) is 9.50. The Morgan fingerprint density at radius 1 is 1.00 bits per heavy atom. The van der Waals surface area contributed by atoms with E-state index in [1.165, 1.54) is 44.1 Å². The van der Waals surface area contributed by atoms with Gasteiger partial charge in [0.1, 0.15) is 5.75 Å². The Morgan fingerprint density at radius 2 is 1.65 bits per heavy atom. The quantitative estimate of drug-likeness (QED) is 0.600. The first-order valence-electron chi connectivity index (χ1n) is 8.04. The van der Waals surface area contributed by atoms with Crippen LogP contribution >= 0.6 is 0 Å². The molecule has 0 amide bonds. The van der Waals surface area contributed by atoms with Crippen molar-refractivity contribution in [1.82, 2.24) is 0 Å². The third kappa shape index (κ3) is 6.95. The molecule has 1 atom stereocenters. The van der Waals surface area contributed by atoms with Crippen molar-refractivity contribution >= 4 is 0 Å². The molecule has 0 spiro atoms. The smallest absolute Gasteiger partial charge is 0.118 e. The van der Waals surface area contributed by atoms with Crippen LogP contribution in [0.3, 0.4) is 0 Å². The summed E-state index contributed by atoms with van der Waals surface area (Å²) in [6.45, 7) is 2.54. The van der Waals surface area contributed by atoms with E-state index in [9.17, 15) is 5.11 Å². The van der Waals surface area contributed by atoms with Crippen molar-refractivity contribution in [2.75, 3.05) is 13.7 Å². The SMILES string of the molecule is CCCCCCCCC(CO)Cc1ccc(OC)cc1. The highest BCUT2D eigenvalue weighted by atomic mass is 16.5. The summed E-state index contributed by atoms with van der Waals surface area (Å²) in [5.41, 5.74) is 1.29. The number of benzene rings is 1. The molecular weight excluding hydrogens is 248 g/mol. The highest BCUT2D eigenvalue weighted by molar-refractivity contribution is 5.27. The van der Waals surface area contributed by atoms with E-state index >= 15 is 0 Å². The largest absolute Gasteiger partial charge is 0.497 e. The average Bonchev–Trinajstić information content (AvgIpc) is 2.50. The fraction of sp³-hybridized carbons (Fsp3) is 0.667. The number of ether oxygens (including phenoxy) is 1. The Hall–Kier alpha value is -1.02. The van der Waals surface area contributed by atoms with Crippen LogP contribution in [0.25, 0.3) is 0 Å². The molecule has 114 valence electrons. The van der Waals surface area contributed by atoms with Crippen LogP contribution in [0, 0.1) is 5.92 Å². The lowest BCUT2D eigenvalue weighted by molar-refractivity contribution is 0.214. The van der Waals surface area contributed by atoms with Crippen LogP contribution in [0.1, 0.15) is 57.4 Å². The zero-order valence-electron chi connectivity index (χ0n) is 13.1. The second-order valence-corrected chi connectivity index (χ2v) is 5.66. The summed E-state index contributed by atoms with van der Waals surface area (Å²) < 4.78 is 5.16. The van der Waals surface area contributed by atoms with Gasteiger partial charge >= 0.3 is 0 Å². The molecule has 20 heavy (non-hydrogen) atoms. The van der Waals surface area contributed by atoms with Crippen molar-refractivity contribution < 1.29 is 9.84 Å². The van der Waals surface area contributed by atoms with E-state index in [2.05, 4.69) is 19.1 Å². The van der Waals surface area contributed by atoms with Crippen LogP contribution in [0.15, 0.2) is 24.3 Å². The maximum Gasteiger partial charge on any atom is 0.118 e. The third-order valence-corrected chi connectivity index (χ3v) is 3.91. The molecule has 0 aliphatic carbocycles. The van der Waals surface area contributed by atoms with Crippen molar-refractivity contribution in [3.8, 4) is 5.75 Å². The van der Waals surface area contributed by atoms with Crippen LogP contribution < -0.4 is 4.74 Å². The first-order chi connectivity index (χ1) is 9.80. The van der Waals surface area contributed by atoms with Gasteiger partial charge in [-0.2, -0.15) is 0 Å². The fourth-order valence-corrected chi connectivity index (χ4v) is 2.57. The molecule has 1 unspecified atom stereocenters. The van der Waals surface area contributed by atoms with Crippen molar-refractivity contribution in [3.63, 3.8) is 0 Å². The number of hydrogen-bond donors (Lipinski definition) is 1. The van der Waals surface area contributed by atoms with Crippen LogP contribution in [0.2, 0.25) is 0 Å². The maximum absolute atomic E-state index is 9.50. The Bertz CT molecular complexity index is 332. The predicted molar refractivity (Wildman–Crippen MR) is 85.3 cm³/mol. The standard InChI is InChI=1S/C18H30O2/c1-3-4-5-6-7-8-9-17(15-19)14-16-10-12-18(20-2)13-11-16/h10-13,17,19H,3-9,14-15H2,1-2H3. The van der Waals surface area contributed by atoms with Gasteiger partial charge in [-0.05, 0) is 36.5 Å². The summed E-state index contributed by atoms with van der Waals surface area (Å²) in [4.78, 5) is 0. The average molecular weight is 278 g/mol. The Balaban J connectivity index is 2.24. The predicted octanol–water partition coefficient (Wildman–Crippen LogP) is 4.60. The highest BCUT2D eigenvalue weighted by Crippen LogP contribution is 2.19. The monoisotopic (exact) mass is 278 g/mol. The van der Waals surface area contributed by atoms with E-state index < -0.39 is 0 Å². The molecule has 1 N–H and O–H groups in total. The first kappa shape index (κ1) is 17.0. The van der Waals surface area contributed by atoms with Gasteiger partial charge in [0.05, 0.1) is 7.11 Å². The number of methoxy groups -OCH3 is 1. The molecule has 0 aliphatic heterocycles. The maximum atomic E-state index is 9.50. The molecule has 0 aromatic heterocycles. The second kappa shape index (κ2) is 10.7. The minimum Gasteiger partial charge on any atom is -0.497 e. The lowest BCUT2D eigenvalue weighted by Crippen LogP contribution is -2.09. The molecule has 0 saturated carbocycles. The molecule has 1 aromatic rings. The molecule has 0 aliphatic rings. The van der Waals surface area contributed by atoms with E-state index in [0.29, 0.717) is 12.5 Å². The van der Waals surface area contributed by atoms with Gasteiger partial charge in [-0.15, -0.1) is 0 Å². The topological polar surface area (TPSA) is 29.5 Å². The number of rotatable bonds is 11. The van der Waals surface area contributed by atoms with Crippen LogP contribution in [0.4, 0.5) is 0 Å². The molecule has 0 radical (unpaired) electrons. The molecule has 1 rings (SSSR count). The normalized spacial score (nSPS) is 12.3. The van der Waals surface area contributed by atoms with Crippen molar-refractivity contribution in [1.29, 1.82) is 0 Å². The van der Waals surface area contributed by atoms with Crippen LogP contribution in [-0.2, 0) is 6.42 Å². The highest BCUT2D eigenvalue weighted by Gasteiger charge is 2.08. The summed E-state index contributed by atoms with van der Waals surface area (Å²) in [5.74, 6) is 1.29. The van der Waals surface area contributed by atoms with Gasteiger partial charge in [0, 0.05) is 6.61 Å². The van der Waals surface area contributed by atoms with Crippen molar-refractivity contribution in [3.05, 3.63) is 29.8 Å². The minimum atomic E-state index is 0.293. The summed E-state index contributed by atoms with van der Waals surface area (Å²) in [7, 11) is 1.68. The molecule has 0 bridgehead atoms. The van der Waals surface area contributed by atoms with Gasteiger partial charge in [0.2, 0.25) is 0 Å². The number of aliphatic hydroxyl groups excluding tert-OH is 1. The minimum absolute atomic E-state index is 0.293. The first-order valence-corrected chi connectivity index (χ1v) is 8.04. The molecule has 0 heterocycles. The van der Waals surface area contributed by atoms with Gasteiger partial charge in [-0.25, -0.2) is 0 Å². The van der Waals surface area contributed by atoms with E-state index in [4.69, 9.17) is 4.74 Å². The molecular formula is C18H30O2. The molecule has 1 aromatic carbocycles. The van der Waals surface area contributed by atoms with Gasteiger partial charge in [-0.3, -0.25) is 0 Å². The number of hydrogen-bond acceptors (Lipinski definition) is 2. The molecule has 2 heteroatoms. The lowest BCUT2D eigenvalue weighted by atomic mass is 9.94. The lowest BCUT2D eigenvalue weighted by Gasteiger charge is -2.14. The molecule has 0 fully saturated rings. The Kier molecular flexibility index (Phi) is 9.14. The summed E-state index contributed by atoms with van der Waals surface area (Å²) >= 11 is 0. The van der Waals surface area contributed by atoms with Gasteiger partial charge < -0.3 is 9.84 Å². The van der Waals surface area contributed by atoms with E-state index in [1.54, 1.807) is 7.11 Å². The summed E-state index contributed by atoms with van der Waals surface area (Å²) in [6, 6.07) is 8.19. The van der Waals surface area contributed by atoms with Gasteiger partial charge in [0.15, 0.2) is 0 Å². The summed E-state index contributed by atoms with van der Waals surface area (Å²) in [6.07, 6.45) is 10.0. The zero-order chi connectivity index (χ0) is 14.6. The van der Waals surface area contributed by atoms with Crippen molar-refractivity contribution in [2.24, 2.45) is 5.92 Å². The number of aliphatic hydroxyl groups is 1. The fourth-order valence-electron chi connectivity index (χ4n) is 2.57. The zero-order valence-corrected chi connectivity index (χ0v) is 13.1. The second-order valence-electron chi connectivity index (χ2n) is 5.66. The van der Waals surface area contributed by atoms with E-state index in [0.717, 1.165) is 18.6 Å². The Labute approximate surface area is 124 Å². The molecule has 0 saturated heterocycles. The third-order valence-electron chi connectivity index (χ3n) is 3.91. The van der Waals surface area contributed by atoms with E-state index in [1.807, 2.05) is 12.1 Å². The van der Waals surface area contributed by atoms with Gasteiger partial charge in [0.25, 0.3) is 0 Å². The van der Waals surface area contributed by atoms with Gasteiger partial charge in [-0.1, -0.05) is 57.6 Å². The number of unbranched alkanes of at least 4 members (excludes halogenated alkanes) is 5. The Morgan fingerprint density at radius 3 is 2.25 bits per heavy atom.